The molecule has 0 amide bonds. The van der Waals surface area contributed by atoms with Crippen LogP contribution < -0.4 is 17.0 Å². The Bertz CT molecular complexity index is 796. The highest BCUT2D eigenvalue weighted by molar-refractivity contribution is 9.10. The summed E-state index contributed by atoms with van der Waals surface area (Å²) >= 11 is 2.92. The molecule has 0 spiro atoms. The van der Waals surface area contributed by atoms with Crippen molar-refractivity contribution in [3.63, 3.8) is 0 Å². The molecule has 9 heteroatoms. The molecule has 0 atom stereocenters. The molecule has 2 aromatic rings. The number of aromatic amines is 1. The average molecular weight is 364 g/mol. The van der Waals surface area contributed by atoms with E-state index in [4.69, 9.17) is 5.73 Å². The van der Waals surface area contributed by atoms with Gasteiger partial charge in [0.15, 0.2) is 0 Å². The average Bonchev–Trinajstić information content (AvgIpc) is 2.36. The molecule has 2 rings (SSSR count). The number of rotatable bonds is 2. The lowest BCUT2D eigenvalue weighted by Gasteiger charge is -2.14. The number of nitrogens with two attached hydrogens (primary N) is 1. The van der Waals surface area contributed by atoms with Crippen molar-refractivity contribution in [1.29, 1.82) is 0 Å². The van der Waals surface area contributed by atoms with Crippen LogP contribution >= 0.6 is 15.9 Å². The molecule has 0 aliphatic carbocycles. The van der Waals surface area contributed by atoms with Crippen molar-refractivity contribution in [2.45, 2.75) is 12.7 Å². The number of nitrogens with zero attached hydrogens (tertiary/aromatic N) is 1. The molecule has 21 heavy (non-hydrogen) atoms. The molecule has 0 saturated carbocycles. The molecule has 5 nitrogen and oxygen atoms in total. The van der Waals surface area contributed by atoms with E-state index in [1.807, 2.05) is 4.98 Å². The van der Waals surface area contributed by atoms with Crippen molar-refractivity contribution in [3.8, 4) is 0 Å². The maximum Gasteiger partial charge on any atom is 0.416 e. The first-order chi connectivity index (χ1) is 9.68. The standard InChI is InChI=1S/C12H9BrF3N3O2/c13-9-5-19(11(21)18-10(9)20)4-6-1-2-7(17)3-8(6)12(14,15)16/h1-3,5H,4,17H2,(H,18,20,21). The first kappa shape index (κ1) is 15.4. The zero-order chi connectivity index (χ0) is 15.8. The minimum Gasteiger partial charge on any atom is -0.399 e. The van der Waals surface area contributed by atoms with E-state index in [0.717, 1.165) is 16.8 Å². The number of anilines is 1. The molecule has 1 heterocycles. The lowest BCUT2D eigenvalue weighted by atomic mass is 10.1. The third-order valence-electron chi connectivity index (χ3n) is 2.75. The molecule has 0 radical (unpaired) electrons. The Kier molecular flexibility index (Phi) is 3.95. The first-order valence-electron chi connectivity index (χ1n) is 5.63. The van der Waals surface area contributed by atoms with E-state index in [1.54, 1.807) is 0 Å². The summed E-state index contributed by atoms with van der Waals surface area (Å²) in [5.74, 6) is 0. The Morgan fingerprint density at radius 1 is 1.29 bits per heavy atom. The van der Waals surface area contributed by atoms with Gasteiger partial charge in [-0.25, -0.2) is 4.79 Å². The first-order valence-corrected chi connectivity index (χ1v) is 6.42. The largest absolute Gasteiger partial charge is 0.416 e. The highest BCUT2D eigenvalue weighted by atomic mass is 79.9. The topological polar surface area (TPSA) is 80.9 Å². The number of H-pyrrole nitrogens is 1. The van der Waals surface area contributed by atoms with Crippen LogP contribution in [0.4, 0.5) is 18.9 Å². The number of nitrogens with one attached hydrogen (secondary N) is 1. The highest BCUT2D eigenvalue weighted by Crippen LogP contribution is 2.33. The van der Waals surface area contributed by atoms with Gasteiger partial charge < -0.3 is 5.73 Å². The minimum absolute atomic E-state index is 0.0268. The van der Waals surface area contributed by atoms with Gasteiger partial charge in [0.1, 0.15) is 0 Å². The zero-order valence-corrected chi connectivity index (χ0v) is 12.0. The van der Waals surface area contributed by atoms with Crippen LogP contribution in [0.25, 0.3) is 0 Å². The number of alkyl halides is 3. The molecule has 1 aromatic heterocycles. The van der Waals surface area contributed by atoms with Gasteiger partial charge in [0.05, 0.1) is 16.6 Å². The Labute approximate surface area is 124 Å². The van der Waals surface area contributed by atoms with E-state index >= 15 is 0 Å². The fourth-order valence-electron chi connectivity index (χ4n) is 1.78. The Hall–Kier alpha value is -2.03. The summed E-state index contributed by atoms with van der Waals surface area (Å²) in [7, 11) is 0. The van der Waals surface area contributed by atoms with Crippen molar-refractivity contribution in [1.82, 2.24) is 9.55 Å². The smallest absolute Gasteiger partial charge is 0.399 e. The number of aromatic nitrogens is 2. The van der Waals surface area contributed by atoms with Crippen LogP contribution in [-0.4, -0.2) is 9.55 Å². The van der Waals surface area contributed by atoms with Crippen LogP contribution in [0, 0.1) is 0 Å². The molecule has 0 fully saturated rings. The fraction of sp³-hybridized carbons (Fsp3) is 0.167. The van der Waals surface area contributed by atoms with Crippen LogP contribution in [0.2, 0.25) is 0 Å². The van der Waals surface area contributed by atoms with Gasteiger partial charge >= 0.3 is 11.9 Å². The molecule has 0 aliphatic heterocycles. The van der Waals surface area contributed by atoms with Crippen molar-refractivity contribution in [2.75, 3.05) is 5.73 Å². The van der Waals surface area contributed by atoms with E-state index in [-0.39, 0.29) is 22.3 Å². The molecule has 0 saturated heterocycles. The highest BCUT2D eigenvalue weighted by Gasteiger charge is 2.33. The number of hydrogen-bond donors (Lipinski definition) is 2. The van der Waals surface area contributed by atoms with Gasteiger partial charge in [0, 0.05) is 11.9 Å². The van der Waals surface area contributed by atoms with E-state index < -0.39 is 23.0 Å². The summed E-state index contributed by atoms with van der Waals surface area (Å²) in [5.41, 5.74) is 2.85. The Morgan fingerprint density at radius 3 is 2.57 bits per heavy atom. The van der Waals surface area contributed by atoms with Crippen LogP contribution in [0.3, 0.4) is 0 Å². The predicted molar refractivity (Wildman–Crippen MR) is 74.0 cm³/mol. The van der Waals surface area contributed by atoms with Gasteiger partial charge in [-0.15, -0.1) is 0 Å². The van der Waals surface area contributed by atoms with Gasteiger partial charge in [0.25, 0.3) is 5.56 Å². The second kappa shape index (κ2) is 5.40. The number of halogens is 4. The summed E-state index contributed by atoms with van der Waals surface area (Å²) in [6.45, 7) is -0.344. The molecular weight excluding hydrogens is 355 g/mol. The molecule has 0 unspecified atom stereocenters. The maximum atomic E-state index is 13.0. The van der Waals surface area contributed by atoms with Gasteiger partial charge in [-0.05, 0) is 33.6 Å². The van der Waals surface area contributed by atoms with Gasteiger partial charge in [0.2, 0.25) is 0 Å². The molecule has 112 valence electrons. The third-order valence-corrected chi connectivity index (χ3v) is 3.31. The number of benzene rings is 1. The Morgan fingerprint density at radius 2 is 1.95 bits per heavy atom. The molecule has 0 aliphatic rings. The van der Waals surface area contributed by atoms with Crippen LogP contribution in [0.15, 0.2) is 38.5 Å². The monoisotopic (exact) mass is 363 g/mol. The van der Waals surface area contributed by atoms with Gasteiger partial charge in [-0.2, -0.15) is 13.2 Å². The van der Waals surface area contributed by atoms with Crippen molar-refractivity contribution in [2.24, 2.45) is 0 Å². The van der Waals surface area contributed by atoms with Crippen LogP contribution in [-0.2, 0) is 12.7 Å². The second-order valence-electron chi connectivity index (χ2n) is 4.28. The molecular formula is C12H9BrF3N3O2. The van der Waals surface area contributed by atoms with E-state index in [1.165, 1.54) is 12.1 Å². The lowest BCUT2D eigenvalue weighted by Crippen LogP contribution is -2.30. The Balaban J connectivity index is 2.53. The summed E-state index contributed by atoms with van der Waals surface area (Å²) in [5, 5.41) is 0. The zero-order valence-electron chi connectivity index (χ0n) is 10.4. The lowest BCUT2D eigenvalue weighted by molar-refractivity contribution is -0.138. The van der Waals surface area contributed by atoms with Gasteiger partial charge in [-0.1, -0.05) is 6.07 Å². The summed E-state index contributed by atoms with van der Waals surface area (Å²) < 4.78 is 39.9. The second-order valence-corrected chi connectivity index (χ2v) is 5.13. The maximum absolute atomic E-state index is 13.0. The third kappa shape index (κ3) is 3.35. The van der Waals surface area contributed by atoms with E-state index in [0.29, 0.717) is 0 Å². The quantitative estimate of drug-likeness (QED) is 0.800. The minimum atomic E-state index is -4.59. The van der Waals surface area contributed by atoms with E-state index in [2.05, 4.69) is 15.9 Å². The summed E-state index contributed by atoms with van der Waals surface area (Å²) in [6, 6.07) is 3.32. The SMILES string of the molecule is Nc1ccc(Cn2cc(Br)c(=O)[nH]c2=O)c(C(F)(F)F)c1. The molecule has 0 bridgehead atoms. The molecule has 3 N–H and O–H groups in total. The van der Waals surface area contributed by atoms with E-state index in [9.17, 15) is 22.8 Å². The molecule has 1 aromatic carbocycles. The van der Waals surface area contributed by atoms with Crippen LogP contribution in [0.5, 0.6) is 0 Å². The number of hydrogen-bond acceptors (Lipinski definition) is 3. The predicted octanol–water partition coefficient (Wildman–Crippen LogP) is 1.95. The van der Waals surface area contributed by atoms with Crippen molar-refractivity contribution < 1.29 is 13.2 Å². The summed E-state index contributed by atoms with van der Waals surface area (Å²) in [6.07, 6.45) is -3.45. The van der Waals surface area contributed by atoms with Crippen LogP contribution in [0.1, 0.15) is 11.1 Å². The van der Waals surface area contributed by atoms with Gasteiger partial charge in [-0.3, -0.25) is 14.3 Å². The fourth-order valence-corrected chi connectivity index (χ4v) is 2.13. The summed E-state index contributed by atoms with van der Waals surface area (Å²) in [4.78, 5) is 24.8. The number of nitrogen functional groups attached to an aromatic ring is 1. The van der Waals surface area contributed by atoms with Crippen molar-refractivity contribution in [3.05, 3.63) is 60.8 Å². The van der Waals surface area contributed by atoms with Crippen molar-refractivity contribution >= 4 is 21.6 Å². The normalized spacial score (nSPS) is 11.6.